The summed E-state index contributed by atoms with van der Waals surface area (Å²) in [7, 11) is -1.17. The van der Waals surface area contributed by atoms with E-state index in [1.165, 1.54) is 31.8 Å². The third-order valence-corrected chi connectivity index (χ3v) is 7.98. The van der Waals surface area contributed by atoms with Crippen molar-refractivity contribution in [1.29, 1.82) is 0 Å². The summed E-state index contributed by atoms with van der Waals surface area (Å²) in [4.78, 5) is 8.80. The molecule has 37 heavy (non-hydrogen) atoms. The summed E-state index contributed by atoms with van der Waals surface area (Å²) in [5.41, 5.74) is 2.10. The van der Waals surface area contributed by atoms with Gasteiger partial charge in [0.25, 0.3) is 0 Å². The topological polar surface area (TPSA) is 124 Å². The van der Waals surface area contributed by atoms with Crippen LogP contribution in [0.5, 0.6) is 11.5 Å². The highest BCUT2D eigenvalue weighted by molar-refractivity contribution is 7.93. The molecule has 5 rings (SSSR count). The molecule has 2 aliphatic heterocycles. The number of aryl methyl sites for hydroxylation is 1. The lowest BCUT2D eigenvalue weighted by Gasteiger charge is -2.21. The lowest BCUT2D eigenvalue weighted by molar-refractivity contribution is 0.0310. The first-order valence-electron chi connectivity index (χ1n) is 11.9. The SMILES string of the molecule is COc1c(N=S(C)(=O)CCO)cc2ncnc(Nc3ccc(F)cc3O[C@@H]3CO[C@@H]4CCO[C@@H]43)c2c1C. The summed E-state index contributed by atoms with van der Waals surface area (Å²) in [5, 5.41) is 13.1. The average molecular weight is 533 g/mol. The van der Waals surface area contributed by atoms with Gasteiger partial charge in [-0.2, -0.15) is 4.36 Å². The highest BCUT2D eigenvalue weighted by Crippen LogP contribution is 2.41. The van der Waals surface area contributed by atoms with Crippen LogP contribution in [0.4, 0.5) is 21.6 Å². The molecular formula is C25H29FN4O6S. The van der Waals surface area contributed by atoms with Crippen molar-refractivity contribution in [3.63, 3.8) is 0 Å². The number of nitrogens with one attached hydrogen (secondary N) is 1. The van der Waals surface area contributed by atoms with Crippen LogP contribution in [0.3, 0.4) is 0 Å². The second-order valence-electron chi connectivity index (χ2n) is 9.07. The smallest absolute Gasteiger partial charge is 0.151 e. The molecule has 0 spiro atoms. The van der Waals surface area contributed by atoms with E-state index in [9.17, 15) is 13.7 Å². The zero-order chi connectivity index (χ0) is 26.2. The summed E-state index contributed by atoms with van der Waals surface area (Å²) in [6, 6.07) is 5.91. The fourth-order valence-electron chi connectivity index (χ4n) is 4.74. The van der Waals surface area contributed by atoms with E-state index in [1.54, 1.807) is 12.1 Å². The van der Waals surface area contributed by atoms with Gasteiger partial charge in [0.15, 0.2) is 6.10 Å². The molecule has 1 aromatic heterocycles. The molecule has 0 aliphatic carbocycles. The molecule has 2 fully saturated rings. The number of fused-ring (bicyclic) bond motifs is 2. The number of ether oxygens (including phenoxy) is 4. The van der Waals surface area contributed by atoms with E-state index < -0.39 is 15.5 Å². The molecule has 3 heterocycles. The minimum Gasteiger partial charge on any atom is -0.494 e. The van der Waals surface area contributed by atoms with Gasteiger partial charge in [0.1, 0.15) is 41.3 Å². The molecule has 0 bridgehead atoms. The van der Waals surface area contributed by atoms with Crippen LogP contribution < -0.4 is 14.8 Å². The van der Waals surface area contributed by atoms with Gasteiger partial charge in [0, 0.05) is 29.9 Å². The van der Waals surface area contributed by atoms with E-state index in [4.69, 9.17) is 18.9 Å². The number of anilines is 2. The van der Waals surface area contributed by atoms with E-state index in [0.717, 1.165) is 6.42 Å². The third-order valence-electron chi connectivity index (χ3n) is 6.46. The van der Waals surface area contributed by atoms with Crippen LogP contribution in [0, 0.1) is 12.7 Å². The van der Waals surface area contributed by atoms with Crippen LogP contribution >= 0.6 is 0 Å². The number of aromatic nitrogens is 2. The molecule has 4 atom stereocenters. The van der Waals surface area contributed by atoms with Crippen LogP contribution in [0.15, 0.2) is 35.0 Å². The molecule has 2 saturated heterocycles. The van der Waals surface area contributed by atoms with Gasteiger partial charge in [0.2, 0.25) is 0 Å². The number of methoxy groups -OCH3 is 1. The van der Waals surface area contributed by atoms with E-state index in [-0.39, 0.29) is 30.7 Å². The number of halogens is 1. The van der Waals surface area contributed by atoms with Gasteiger partial charge in [0.05, 0.1) is 53.1 Å². The number of hydrogen-bond donors (Lipinski definition) is 2. The number of nitrogens with zero attached hydrogens (tertiary/aromatic N) is 3. The number of hydrogen-bond acceptors (Lipinski definition) is 10. The summed E-state index contributed by atoms with van der Waals surface area (Å²) in [5.74, 6) is 0.777. The number of benzene rings is 2. The highest BCUT2D eigenvalue weighted by atomic mass is 32.2. The monoisotopic (exact) mass is 532 g/mol. The number of aliphatic hydroxyl groups is 1. The predicted molar refractivity (Wildman–Crippen MR) is 137 cm³/mol. The normalized spacial score (nSPS) is 22.5. The Morgan fingerprint density at radius 1 is 1.30 bits per heavy atom. The molecule has 1 unspecified atom stereocenters. The van der Waals surface area contributed by atoms with Gasteiger partial charge in [-0.15, -0.1) is 0 Å². The lowest BCUT2D eigenvalue weighted by atomic mass is 10.1. The van der Waals surface area contributed by atoms with Crippen molar-refractivity contribution in [2.24, 2.45) is 4.36 Å². The molecule has 10 nitrogen and oxygen atoms in total. The van der Waals surface area contributed by atoms with Crippen molar-refractivity contribution in [2.75, 3.05) is 44.3 Å². The Kier molecular flexibility index (Phi) is 7.17. The molecule has 12 heteroatoms. The Morgan fingerprint density at radius 2 is 2.14 bits per heavy atom. The predicted octanol–water partition coefficient (Wildman–Crippen LogP) is 3.49. The maximum atomic E-state index is 14.2. The molecule has 0 radical (unpaired) electrons. The fourth-order valence-corrected chi connectivity index (χ4v) is 5.72. The lowest BCUT2D eigenvalue weighted by Crippen LogP contribution is -2.32. The van der Waals surface area contributed by atoms with Gasteiger partial charge in [-0.25, -0.2) is 18.6 Å². The largest absolute Gasteiger partial charge is 0.494 e. The maximum absolute atomic E-state index is 14.2. The number of rotatable bonds is 8. The Morgan fingerprint density at radius 3 is 2.92 bits per heavy atom. The minimum atomic E-state index is -2.68. The van der Waals surface area contributed by atoms with E-state index in [0.29, 0.717) is 58.4 Å². The van der Waals surface area contributed by atoms with Gasteiger partial charge in [-0.05, 0) is 31.5 Å². The summed E-state index contributed by atoms with van der Waals surface area (Å²) >= 11 is 0. The van der Waals surface area contributed by atoms with Gasteiger partial charge < -0.3 is 29.4 Å². The summed E-state index contributed by atoms with van der Waals surface area (Å²) < 4.78 is 54.7. The number of aliphatic hydroxyl groups excluding tert-OH is 1. The zero-order valence-corrected chi connectivity index (χ0v) is 21.6. The summed E-state index contributed by atoms with van der Waals surface area (Å²) in [6.07, 6.45) is 3.14. The Bertz CT molecular complexity index is 1440. The molecular weight excluding hydrogens is 503 g/mol. The van der Waals surface area contributed by atoms with Crippen LogP contribution in [0.1, 0.15) is 12.0 Å². The third kappa shape index (κ3) is 5.19. The van der Waals surface area contributed by atoms with Crippen LogP contribution in [0.25, 0.3) is 10.9 Å². The first-order chi connectivity index (χ1) is 17.8. The van der Waals surface area contributed by atoms with Gasteiger partial charge in [-0.1, -0.05) is 0 Å². The molecule has 2 aromatic carbocycles. The van der Waals surface area contributed by atoms with Crippen LogP contribution in [-0.4, -0.2) is 76.5 Å². The average Bonchev–Trinajstić information content (AvgIpc) is 3.46. The Hall–Kier alpha value is -3.06. The van der Waals surface area contributed by atoms with Crippen molar-refractivity contribution in [2.45, 2.75) is 31.7 Å². The first-order valence-corrected chi connectivity index (χ1v) is 14.0. The molecule has 2 N–H and O–H groups in total. The minimum absolute atomic E-state index is 0.00862. The van der Waals surface area contributed by atoms with Crippen LogP contribution in [-0.2, 0) is 19.2 Å². The second kappa shape index (κ2) is 10.4. The maximum Gasteiger partial charge on any atom is 0.151 e. The van der Waals surface area contributed by atoms with Gasteiger partial charge >= 0.3 is 0 Å². The van der Waals surface area contributed by atoms with Crippen molar-refractivity contribution in [3.05, 3.63) is 42.0 Å². The van der Waals surface area contributed by atoms with Crippen molar-refractivity contribution in [1.82, 2.24) is 9.97 Å². The van der Waals surface area contributed by atoms with E-state index in [2.05, 4.69) is 19.6 Å². The van der Waals surface area contributed by atoms with Crippen LogP contribution in [0.2, 0.25) is 0 Å². The molecule has 0 amide bonds. The first kappa shape index (κ1) is 25.6. The van der Waals surface area contributed by atoms with Crippen molar-refractivity contribution >= 4 is 37.8 Å². The van der Waals surface area contributed by atoms with Gasteiger partial charge in [-0.3, -0.25) is 0 Å². The highest BCUT2D eigenvalue weighted by Gasteiger charge is 2.43. The van der Waals surface area contributed by atoms with E-state index >= 15 is 0 Å². The Balaban J connectivity index is 1.53. The fraction of sp³-hybridized carbons (Fsp3) is 0.440. The Labute approximate surface area is 214 Å². The van der Waals surface area contributed by atoms with Crippen molar-refractivity contribution < 1.29 is 32.7 Å². The second-order valence-corrected chi connectivity index (χ2v) is 11.6. The zero-order valence-electron chi connectivity index (χ0n) is 20.8. The van der Waals surface area contributed by atoms with Crippen molar-refractivity contribution in [3.8, 4) is 11.5 Å². The van der Waals surface area contributed by atoms with E-state index in [1.807, 2.05) is 6.92 Å². The molecule has 198 valence electrons. The quantitative estimate of drug-likeness (QED) is 0.449. The molecule has 2 aliphatic rings. The molecule has 0 saturated carbocycles. The summed E-state index contributed by atoms with van der Waals surface area (Å²) in [6.45, 7) is 2.56. The standard InChI is InChI=1S/C25H29FN4O6S/c1-14-22-17(11-18(23(14)33-2)30-37(3,32)9-7-31)27-13-28-25(22)29-16-5-4-15(26)10-20(16)36-21-12-35-19-6-8-34-24(19)21/h4-5,10-11,13,19,21,24,31H,6-9,12H2,1-3H3,(H,27,28,29)/t19-,21-,24+,37?/m1/s1. The molecule has 3 aromatic rings.